The van der Waals surface area contributed by atoms with Gasteiger partial charge >= 0.3 is 12.1 Å². The van der Waals surface area contributed by atoms with Gasteiger partial charge in [0.25, 0.3) is 0 Å². The van der Waals surface area contributed by atoms with Gasteiger partial charge in [-0.2, -0.15) is 0 Å². The Morgan fingerprint density at radius 1 is 0.972 bits per heavy atom. The van der Waals surface area contributed by atoms with Crippen molar-refractivity contribution in [1.29, 1.82) is 0 Å². The second kappa shape index (κ2) is 9.71. The Balaban J connectivity index is 1.53. The maximum absolute atomic E-state index is 13.5. The van der Waals surface area contributed by atoms with E-state index < -0.39 is 42.0 Å². The number of rotatable bonds is 7. The molecule has 5 rings (SSSR count). The number of benzene rings is 2. The molecule has 0 radical (unpaired) electrons. The molecule has 2 aromatic carbocycles. The van der Waals surface area contributed by atoms with Gasteiger partial charge < -0.3 is 19.3 Å². The van der Waals surface area contributed by atoms with Gasteiger partial charge in [-0.15, -0.1) is 0 Å². The molecule has 1 aliphatic carbocycles. The first-order valence-electron chi connectivity index (χ1n) is 12.5. The van der Waals surface area contributed by atoms with Gasteiger partial charge in [-0.3, -0.25) is 4.90 Å². The highest BCUT2D eigenvalue weighted by molar-refractivity contribution is 5.83. The van der Waals surface area contributed by atoms with Crippen LogP contribution in [0.4, 0.5) is 4.79 Å². The summed E-state index contributed by atoms with van der Waals surface area (Å²) < 4.78 is 18.0. The average Bonchev–Trinajstić information content (AvgIpc) is 3.47. The highest BCUT2D eigenvalue weighted by Crippen LogP contribution is 2.51. The van der Waals surface area contributed by atoms with Crippen molar-refractivity contribution in [2.75, 3.05) is 13.2 Å². The van der Waals surface area contributed by atoms with Gasteiger partial charge in [0.15, 0.2) is 12.4 Å². The fourth-order valence-corrected chi connectivity index (χ4v) is 5.71. The van der Waals surface area contributed by atoms with Crippen LogP contribution in [0, 0.1) is 10.8 Å². The van der Waals surface area contributed by atoms with Crippen LogP contribution < -0.4 is 0 Å². The van der Waals surface area contributed by atoms with Crippen LogP contribution in [0.1, 0.15) is 56.4 Å². The van der Waals surface area contributed by atoms with Gasteiger partial charge in [-0.05, 0) is 24.0 Å². The van der Waals surface area contributed by atoms with Crippen molar-refractivity contribution in [2.45, 2.75) is 57.6 Å². The van der Waals surface area contributed by atoms with E-state index >= 15 is 0 Å². The molecule has 190 valence electrons. The van der Waals surface area contributed by atoms with Crippen LogP contribution in [-0.4, -0.2) is 47.6 Å². The fraction of sp³-hybridized carbons (Fsp3) is 0.448. The van der Waals surface area contributed by atoms with Crippen molar-refractivity contribution >= 4 is 12.1 Å². The van der Waals surface area contributed by atoms with Gasteiger partial charge in [-0.1, -0.05) is 86.7 Å². The molecule has 0 aromatic heterocycles. The van der Waals surface area contributed by atoms with Crippen molar-refractivity contribution in [3.63, 3.8) is 0 Å². The molecule has 2 fully saturated rings. The van der Waals surface area contributed by atoms with Crippen LogP contribution in [0.3, 0.4) is 0 Å². The normalized spacial score (nSPS) is 26.1. The van der Waals surface area contributed by atoms with Gasteiger partial charge in [0.05, 0.1) is 13.2 Å². The SMILES string of the molecule is CC1(C)COC(CC2([C@@H](C(=O)O)N3C(=O)O[C@H](c4ccccc4)[C@@H]3c3ccccc3)CC=CC2)OC1. The Morgan fingerprint density at radius 3 is 2.08 bits per heavy atom. The number of hydrogen-bond donors (Lipinski definition) is 1. The largest absolute Gasteiger partial charge is 0.480 e. The van der Waals surface area contributed by atoms with E-state index in [1.807, 2.05) is 72.8 Å². The molecule has 1 N–H and O–H groups in total. The Morgan fingerprint density at radius 2 is 1.53 bits per heavy atom. The van der Waals surface area contributed by atoms with E-state index in [4.69, 9.17) is 14.2 Å². The second-order valence-electron chi connectivity index (χ2n) is 10.9. The molecule has 2 aliphatic heterocycles. The van der Waals surface area contributed by atoms with Crippen molar-refractivity contribution in [3.8, 4) is 0 Å². The zero-order chi connectivity index (χ0) is 25.3. The number of allylic oxidation sites excluding steroid dienone is 2. The van der Waals surface area contributed by atoms with Crippen LogP contribution in [0.15, 0.2) is 72.8 Å². The summed E-state index contributed by atoms with van der Waals surface area (Å²) in [6.07, 6.45) is 3.61. The third-order valence-corrected chi connectivity index (χ3v) is 7.49. The summed E-state index contributed by atoms with van der Waals surface area (Å²) in [4.78, 5) is 28.0. The maximum atomic E-state index is 13.5. The lowest BCUT2D eigenvalue weighted by atomic mass is 9.73. The number of nitrogens with zero attached hydrogens (tertiary/aromatic N) is 1. The summed E-state index contributed by atoms with van der Waals surface area (Å²) in [5, 5.41) is 10.7. The topological polar surface area (TPSA) is 85.3 Å². The Bertz CT molecular complexity index is 1100. The van der Waals surface area contributed by atoms with Crippen molar-refractivity contribution in [2.24, 2.45) is 10.8 Å². The van der Waals surface area contributed by atoms with Crippen LogP contribution in [0.5, 0.6) is 0 Å². The summed E-state index contributed by atoms with van der Waals surface area (Å²) in [5.41, 5.74) is 0.780. The zero-order valence-electron chi connectivity index (χ0n) is 20.7. The monoisotopic (exact) mass is 491 g/mol. The molecule has 1 amide bonds. The lowest BCUT2D eigenvalue weighted by Gasteiger charge is -2.44. The molecule has 0 saturated carbocycles. The van der Waals surface area contributed by atoms with Gasteiger partial charge in [0.2, 0.25) is 0 Å². The second-order valence-corrected chi connectivity index (χ2v) is 10.9. The Kier molecular flexibility index (Phi) is 6.62. The van der Waals surface area contributed by atoms with Crippen molar-refractivity contribution in [1.82, 2.24) is 4.90 Å². The number of ether oxygens (including phenoxy) is 3. The number of cyclic esters (lactones) is 1. The highest BCUT2D eigenvalue weighted by atomic mass is 16.7. The zero-order valence-corrected chi connectivity index (χ0v) is 20.7. The van der Waals surface area contributed by atoms with Gasteiger partial charge in [0, 0.05) is 17.3 Å². The van der Waals surface area contributed by atoms with E-state index in [-0.39, 0.29) is 5.41 Å². The Hall–Kier alpha value is -3.16. The minimum Gasteiger partial charge on any atom is -0.480 e. The number of amides is 1. The van der Waals surface area contributed by atoms with Crippen LogP contribution in [0.25, 0.3) is 0 Å². The van der Waals surface area contributed by atoms with E-state index in [2.05, 4.69) is 13.8 Å². The fourth-order valence-electron chi connectivity index (χ4n) is 5.71. The molecule has 0 unspecified atom stereocenters. The van der Waals surface area contributed by atoms with Gasteiger partial charge in [-0.25, -0.2) is 9.59 Å². The molecule has 3 aliphatic rings. The highest BCUT2D eigenvalue weighted by Gasteiger charge is 2.57. The molecule has 2 aromatic rings. The molecule has 2 saturated heterocycles. The number of hydrogen-bond acceptors (Lipinski definition) is 5. The van der Waals surface area contributed by atoms with Crippen LogP contribution in [0.2, 0.25) is 0 Å². The Labute approximate surface area is 211 Å². The summed E-state index contributed by atoms with van der Waals surface area (Å²) >= 11 is 0. The van der Waals surface area contributed by atoms with E-state index in [1.165, 1.54) is 4.90 Å². The molecule has 0 spiro atoms. The molecule has 0 bridgehead atoms. The first-order chi connectivity index (χ1) is 17.3. The number of carbonyl (C=O) groups excluding carboxylic acids is 1. The predicted octanol–water partition coefficient (Wildman–Crippen LogP) is 5.50. The predicted molar refractivity (Wildman–Crippen MR) is 133 cm³/mol. The number of carboxylic acids is 1. The molecule has 7 heteroatoms. The molecule has 7 nitrogen and oxygen atoms in total. The van der Waals surface area contributed by atoms with E-state index in [0.717, 1.165) is 11.1 Å². The third-order valence-electron chi connectivity index (χ3n) is 7.49. The van der Waals surface area contributed by atoms with E-state index in [0.29, 0.717) is 32.5 Å². The molecule has 2 heterocycles. The number of aliphatic carboxylic acids is 1. The molecular weight excluding hydrogens is 458 g/mol. The lowest BCUT2D eigenvalue weighted by molar-refractivity contribution is -0.236. The molecular formula is C29H33NO6. The quantitative estimate of drug-likeness (QED) is 0.515. The van der Waals surface area contributed by atoms with Crippen LogP contribution >= 0.6 is 0 Å². The summed E-state index contributed by atoms with van der Waals surface area (Å²) in [6, 6.07) is 17.3. The standard InChI is InChI=1S/C29H33NO6/c1-28(2)18-34-22(35-19-28)17-29(15-9-10-16-29)25(26(31)32)30-23(20-11-5-3-6-12-20)24(36-27(30)33)21-13-7-4-8-14-21/h3-14,22-25H,15-19H2,1-2H3,(H,31,32)/t23-,24+,25+/m0/s1. The van der Waals surface area contributed by atoms with E-state index in [1.54, 1.807) is 0 Å². The lowest BCUT2D eigenvalue weighted by Crippen LogP contribution is -2.55. The van der Waals surface area contributed by atoms with Crippen molar-refractivity contribution < 1.29 is 28.9 Å². The minimum atomic E-state index is -1.12. The smallest absolute Gasteiger partial charge is 0.411 e. The summed E-state index contributed by atoms with van der Waals surface area (Å²) in [6.45, 7) is 5.22. The molecule has 3 atom stereocenters. The number of carbonyl (C=O) groups is 2. The van der Waals surface area contributed by atoms with Crippen LogP contribution in [-0.2, 0) is 19.0 Å². The van der Waals surface area contributed by atoms with E-state index in [9.17, 15) is 14.7 Å². The summed E-state index contributed by atoms with van der Waals surface area (Å²) in [7, 11) is 0. The minimum absolute atomic E-state index is 0.0934. The maximum Gasteiger partial charge on any atom is 0.411 e. The first kappa shape index (κ1) is 24.5. The van der Waals surface area contributed by atoms with Crippen molar-refractivity contribution in [3.05, 3.63) is 83.9 Å². The number of carboxylic acid groups (broad SMARTS) is 1. The molecule has 36 heavy (non-hydrogen) atoms. The third kappa shape index (κ3) is 4.65. The first-order valence-corrected chi connectivity index (χ1v) is 12.5. The van der Waals surface area contributed by atoms with Gasteiger partial charge in [0.1, 0.15) is 12.1 Å². The summed E-state index contributed by atoms with van der Waals surface area (Å²) in [5.74, 6) is -1.05. The average molecular weight is 492 g/mol.